The number of unbranched alkanes of at least 4 members (excludes halogenated alkanes) is 1. The number of methoxy groups -OCH3 is 3. The summed E-state index contributed by atoms with van der Waals surface area (Å²) < 4.78 is 16.3. The van der Waals surface area contributed by atoms with Gasteiger partial charge in [0.25, 0.3) is 0 Å². The molecule has 0 bridgehead atoms. The number of ether oxygens (including phenoxy) is 3. The molecule has 0 heterocycles. The Morgan fingerprint density at radius 1 is 1.10 bits per heavy atom. The van der Waals surface area contributed by atoms with Crippen LogP contribution in [-0.2, 0) is 0 Å². The zero-order valence-corrected chi connectivity index (χ0v) is 13.8. The molecule has 0 aliphatic carbocycles. The Bertz CT molecular complexity index is 438. The van der Waals surface area contributed by atoms with Gasteiger partial charge >= 0.3 is 0 Å². The smallest absolute Gasteiger partial charge is 0.203 e. The van der Waals surface area contributed by atoms with E-state index >= 15 is 0 Å². The van der Waals surface area contributed by atoms with Crippen LogP contribution in [0.3, 0.4) is 0 Å². The van der Waals surface area contributed by atoms with Gasteiger partial charge in [-0.25, -0.2) is 0 Å². The van der Waals surface area contributed by atoms with Gasteiger partial charge in [0.05, 0.1) is 27.4 Å². The molecule has 1 atom stereocenters. The molecule has 1 unspecified atom stereocenters. The molecule has 5 heteroatoms. The number of hydrogen-bond acceptors (Lipinski definition) is 5. The van der Waals surface area contributed by atoms with Crippen molar-refractivity contribution >= 4 is 0 Å². The fourth-order valence-electron chi connectivity index (χ4n) is 2.49. The van der Waals surface area contributed by atoms with Crippen LogP contribution in [0.25, 0.3) is 0 Å². The van der Waals surface area contributed by atoms with Gasteiger partial charge in [0, 0.05) is 12.1 Å². The Labute approximate surface area is 128 Å². The van der Waals surface area contributed by atoms with Gasteiger partial charge < -0.3 is 19.9 Å². The molecule has 0 fully saturated rings. The third kappa shape index (κ3) is 4.02. The van der Waals surface area contributed by atoms with Crippen molar-refractivity contribution in [2.75, 3.05) is 41.5 Å². The van der Waals surface area contributed by atoms with E-state index in [4.69, 9.17) is 19.9 Å². The Balaban J connectivity index is 3.20. The number of benzene rings is 1. The van der Waals surface area contributed by atoms with Crippen molar-refractivity contribution in [3.05, 3.63) is 17.7 Å². The molecule has 0 spiro atoms. The van der Waals surface area contributed by atoms with Crippen LogP contribution >= 0.6 is 0 Å². The van der Waals surface area contributed by atoms with Crippen molar-refractivity contribution in [3.63, 3.8) is 0 Å². The minimum absolute atomic E-state index is 0.0892. The first-order valence-corrected chi connectivity index (χ1v) is 7.33. The minimum Gasteiger partial charge on any atom is -0.493 e. The molecular formula is C16H28N2O3. The Hall–Kier alpha value is -1.46. The Morgan fingerprint density at radius 3 is 2.24 bits per heavy atom. The summed E-state index contributed by atoms with van der Waals surface area (Å²) in [6.45, 7) is 3.70. The molecular weight excluding hydrogens is 268 g/mol. The second-order valence-electron chi connectivity index (χ2n) is 5.01. The highest BCUT2D eigenvalue weighted by molar-refractivity contribution is 5.56. The number of nitrogens with two attached hydrogens (primary N) is 1. The van der Waals surface area contributed by atoms with E-state index < -0.39 is 0 Å². The second-order valence-corrected chi connectivity index (χ2v) is 5.01. The first-order chi connectivity index (χ1) is 10.1. The third-order valence-electron chi connectivity index (χ3n) is 3.71. The molecule has 0 amide bonds. The molecule has 0 aliphatic heterocycles. The zero-order chi connectivity index (χ0) is 15.8. The van der Waals surface area contributed by atoms with E-state index in [1.807, 2.05) is 12.1 Å². The number of nitrogens with zero attached hydrogens (tertiary/aromatic N) is 1. The first kappa shape index (κ1) is 17.6. The van der Waals surface area contributed by atoms with Gasteiger partial charge in [-0.3, -0.25) is 4.90 Å². The number of rotatable bonds is 9. The van der Waals surface area contributed by atoms with Crippen molar-refractivity contribution in [2.45, 2.75) is 25.8 Å². The van der Waals surface area contributed by atoms with Crippen LogP contribution in [0, 0.1) is 0 Å². The summed E-state index contributed by atoms with van der Waals surface area (Å²) in [5.74, 6) is 1.96. The number of likely N-dealkylation sites (N-methyl/N-ethyl adjacent to an activating group) is 1. The van der Waals surface area contributed by atoms with Crippen LogP contribution in [0.15, 0.2) is 12.1 Å². The molecule has 0 saturated heterocycles. The molecule has 21 heavy (non-hydrogen) atoms. The average molecular weight is 296 g/mol. The van der Waals surface area contributed by atoms with Crippen LogP contribution in [0.1, 0.15) is 31.4 Å². The lowest BCUT2D eigenvalue weighted by Crippen LogP contribution is -2.31. The quantitative estimate of drug-likeness (QED) is 0.758. The first-order valence-electron chi connectivity index (χ1n) is 7.33. The summed E-state index contributed by atoms with van der Waals surface area (Å²) >= 11 is 0. The molecule has 1 aromatic rings. The maximum absolute atomic E-state index is 5.99. The molecule has 120 valence electrons. The minimum atomic E-state index is 0.0892. The highest BCUT2D eigenvalue weighted by atomic mass is 16.5. The predicted octanol–water partition coefficient (Wildman–Crippen LogP) is 2.44. The summed E-state index contributed by atoms with van der Waals surface area (Å²) in [7, 11) is 6.96. The van der Waals surface area contributed by atoms with Crippen molar-refractivity contribution in [3.8, 4) is 17.2 Å². The van der Waals surface area contributed by atoms with Crippen LogP contribution in [0.2, 0.25) is 0 Å². The molecule has 2 N–H and O–H groups in total. The van der Waals surface area contributed by atoms with Gasteiger partial charge in [0.2, 0.25) is 5.75 Å². The lowest BCUT2D eigenvalue weighted by Gasteiger charge is -2.29. The van der Waals surface area contributed by atoms with Crippen LogP contribution in [0.5, 0.6) is 17.2 Å². The maximum atomic E-state index is 5.99. The molecule has 1 rings (SSSR count). The summed E-state index contributed by atoms with van der Waals surface area (Å²) in [6.07, 6.45) is 2.30. The Kier molecular flexibility index (Phi) is 7.32. The topological polar surface area (TPSA) is 57.0 Å². The highest BCUT2D eigenvalue weighted by Crippen LogP contribution is 2.42. The summed E-state index contributed by atoms with van der Waals surface area (Å²) in [6, 6.07) is 3.99. The van der Waals surface area contributed by atoms with Gasteiger partial charge in [-0.2, -0.15) is 0 Å². The lowest BCUT2D eigenvalue weighted by molar-refractivity contribution is 0.237. The molecule has 0 aliphatic rings. The van der Waals surface area contributed by atoms with Gasteiger partial charge in [-0.1, -0.05) is 13.3 Å². The standard InChI is InChI=1S/C16H28N2O3/c1-6-7-10-18(2)13(11-17)12-8-9-14(19-3)16(21-5)15(12)20-4/h8-9,13H,6-7,10-11,17H2,1-5H3. The monoisotopic (exact) mass is 296 g/mol. The molecule has 1 aromatic carbocycles. The lowest BCUT2D eigenvalue weighted by atomic mass is 10.0. The Morgan fingerprint density at radius 2 is 1.76 bits per heavy atom. The predicted molar refractivity (Wildman–Crippen MR) is 85.4 cm³/mol. The van der Waals surface area contributed by atoms with E-state index in [1.54, 1.807) is 21.3 Å². The number of hydrogen-bond donors (Lipinski definition) is 1. The van der Waals surface area contributed by atoms with E-state index in [1.165, 1.54) is 0 Å². The molecule has 0 aromatic heterocycles. The fraction of sp³-hybridized carbons (Fsp3) is 0.625. The van der Waals surface area contributed by atoms with Crippen molar-refractivity contribution in [1.82, 2.24) is 4.90 Å². The van der Waals surface area contributed by atoms with Crippen LogP contribution in [-0.4, -0.2) is 46.4 Å². The fourth-order valence-corrected chi connectivity index (χ4v) is 2.49. The van der Waals surface area contributed by atoms with Crippen molar-refractivity contribution < 1.29 is 14.2 Å². The maximum Gasteiger partial charge on any atom is 0.203 e. The van der Waals surface area contributed by atoms with Crippen molar-refractivity contribution in [2.24, 2.45) is 5.73 Å². The average Bonchev–Trinajstić information content (AvgIpc) is 2.52. The van der Waals surface area contributed by atoms with Gasteiger partial charge in [0.15, 0.2) is 11.5 Å². The summed E-state index contributed by atoms with van der Waals surface area (Å²) in [5.41, 5.74) is 7.02. The van der Waals surface area contributed by atoms with E-state index in [-0.39, 0.29) is 6.04 Å². The largest absolute Gasteiger partial charge is 0.493 e. The van der Waals surface area contributed by atoms with Gasteiger partial charge in [-0.05, 0) is 32.1 Å². The molecule has 0 saturated carbocycles. The van der Waals surface area contributed by atoms with Gasteiger partial charge in [-0.15, -0.1) is 0 Å². The second kappa shape index (κ2) is 8.74. The van der Waals surface area contributed by atoms with E-state index in [0.717, 1.165) is 24.9 Å². The van der Waals surface area contributed by atoms with E-state index in [0.29, 0.717) is 23.8 Å². The van der Waals surface area contributed by atoms with Crippen LogP contribution < -0.4 is 19.9 Å². The SMILES string of the molecule is CCCCN(C)C(CN)c1ccc(OC)c(OC)c1OC. The van der Waals surface area contributed by atoms with Crippen LogP contribution in [0.4, 0.5) is 0 Å². The normalized spacial score (nSPS) is 12.3. The molecule has 5 nitrogen and oxygen atoms in total. The van der Waals surface area contributed by atoms with Crippen molar-refractivity contribution in [1.29, 1.82) is 0 Å². The van der Waals surface area contributed by atoms with Gasteiger partial charge in [0.1, 0.15) is 0 Å². The van der Waals surface area contributed by atoms with E-state index in [9.17, 15) is 0 Å². The molecule has 0 radical (unpaired) electrons. The highest BCUT2D eigenvalue weighted by Gasteiger charge is 2.24. The third-order valence-corrected chi connectivity index (χ3v) is 3.71. The zero-order valence-electron chi connectivity index (χ0n) is 13.8. The summed E-state index contributed by atoms with van der Waals surface area (Å²) in [4.78, 5) is 2.26. The summed E-state index contributed by atoms with van der Waals surface area (Å²) in [5, 5.41) is 0. The van der Waals surface area contributed by atoms with E-state index in [2.05, 4.69) is 18.9 Å².